The Morgan fingerprint density at radius 1 is 1.19 bits per heavy atom. The zero-order valence-corrected chi connectivity index (χ0v) is 15.7. The zero-order valence-electron chi connectivity index (χ0n) is 15.7. The standard InChI is InChI=1S/C20H24N4O3/c1-13(10-21)24-17-6-4-14(11-22)8-16(17)20(25)23-12-15-5-7-18(26-2)19(9-15)27-3/h4-9,13,24H,10,12,21H2,1-3H3,(H,23,25)/t13-/m0/s1. The van der Waals surface area contributed by atoms with Crippen LogP contribution in [0.2, 0.25) is 0 Å². The van der Waals surface area contributed by atoms with Gasteiger partial charge in [-0.1, -0.05) is 6.07 Å². The van der Waals surface area contributed by atoms with Crippen molar-refractivity contribution in [2.24, 2.45) is 5.73 Å². The molecular weight excluding hydrogens is 344 g/mol. The molecule has 0 spiro atoms. The van der Waals surface area contributed by atoms with Crippen molar-refractivity contribution in [2.45, 2.75) is 19.5 Å². The van der Waals surface area contributed by atoms with Gasteiger partial charge >= 0.3 is 0 Å². The van der Waals surface area contributed by atoms with Crippen LogP contribution in [0.25, 0.3) is 0 Å². The fourth-order valence-corrected chi connectivity index (χ4v) is 2.52. The Kier molecular flexibility index (Phi) is 7.03. The molecule has 2 aromatic carbocycles. The second kappa shape index (κ2) is 9.46. The molecule has 1 atom stereocenters. The summed E-state index contributed by atoms with van der Waals surface area (Å²) in [5.41, 5.74) is 7.96. The third-order valence-corrected chi connectivity index (χ3v) is 4.05. The number of amides is 1. The van der Waals surface area contributed by atoms with Crippen molar-refractivity contribution in [3.8, 4) is 17.6 Å². The van der Waals surface area contributed by atoms with Gasteiger partial charge in [0.05, 0.1) is 31.4 Å². The number of anilines is 1. The molecule has 0 saturated heterocycles. The molecule has 142 valence electrons. The minimum absolute atomic E-state index is 0.00432. The second-order valence-corrected chi connectivity index (χ2v) is 6.03. The molecule has 0 aliphatic rings. The number of nitrogens with two attached hydrogens (primary N) is 1. The number of benzene rings is 2. The van der Waals surface area contributed by atoms with Gasteiger partial charge in [0, 0.05) is 24.8 Å². The highest BCUT2D eigenvalue weighted by atomic mass is 16.5. The summed E-state index contributed by atoms with van der Waals surface area (Å²) < 4.78 is 10.5. The Labute approximate surface area is 159 Å². The fourth-order valence-electron chi connectivity index (χ4n) is 2.52. The van der Waals surface area contributed by atoms with Crippen molar-refractivity contribution in [3.05, 3.63) is 53.1 Å². The third-order valence-electron chi connectivity index (χ3n) is 4.05. The Morgan fingerprint density at radius 2 is 1.93 bits per heavy atom. The average molecular weight is 368 g/mol. The number of methoxy groups -OCH3 is 2. The predicted molar refractivity (Wildman–Crippen MR) is 104 cm³/mol. The minimum atomic E-state index is -0.284. The summed E-state index contributed by atoms with van der Waals surface area (Å²) in [6.45, 7) is 2.65. The highest BCUT2D eigenvalue weighted by Gasteiger charge is 2.14. The maximum absolute atomic E-state index is 12.7. The van der Waals surface area contributed by atoms with E-state index in [9.17, 15) is 4.79 Å². The Balaban J connectivity index is 2.18. The van der Waals surface area contributed by atoms with E-state index in [1.807, 2.05) is 13.0 Å². The summed E-state index contributed by atoms with van der Waals surface area (Å²) in [5, 5.41) is 15.2. The quantitative estimate of drug-likeness (QED) is 0.659. The Bertz CT molecular complexity index is 846. The van der Waals surface area contributed by atoms with Crippen molar-refractivity contribution < 1.29 is 14.3 Å². The summed E-state index contributed by atoms with van der Waals surface area (Å²) in [6.07, 6.45) is 0. The molecule has 0 aliphatic carbocycles. The minimum Gasteiger partial charge on any atom is -0.493 e. The van der Waals surface area contributed by atoms with Gasteiger partial charge in [0.1, 0.15) is 0 Å². The van der Waals surface area contributed by atoms with Gasteiger partial charge < -0.3 is 25.8 Å². The maximum atomic E-state index is 12.7. The molecule has 2 rings (SSSR count). The smallest absolute Gasteiger partial charge is 0.253 e. The number of hydrogen-bond acceptors (Lipinski definition) is 6. The first kappa shape index (κ1) is 20.1. The normalized spacial score (nSPS) is 11.2. The van der Waals surface area contributed by atoms with Crippen LogP contribution in [0, 0.1) is 11.3 Å². The monoisotopic (exact) mass is 368 g/mol. The van der Waals surface area contributed by atoms with Gasteiger partial charge in [0.25, 0.3) is 5.91 Å². The lowest BCUT2D eigenvalue weighted by atomic mass is 10.1. The summed E-state index contributed by atoms with van der Waals surface area (Å²) in [6, 6.07) is 12.4. The lowest BCUT2D eigenvalue weighted by molar-refractivity contribution is 0.0951. The van der Waals surface area contributed by atoms with Crippen molar-refractivity contribution >= 4 is 11.6 Å². The van der Waals surface area contributed by atoms with E-state index in [4.69, 9.17) is 20.5 Å². The van der Waals surface area contributed by atoms with Gasteiger partial charge in [-0.3, -0.25) is 4.79 Å². The number of nitrogens with zero attached hydrogens (tertiary/aromatic N) is 1. The van der Waals surface area contributed by atoms with E-state index in [1.165, 1.54) is 0 Å². The van der Waals surface area contributed by atoms with E-state index in [2.05, 4.69) is 16.7 Å². The van der Waals surface area contributed by atoms with E-state index in [0.29, 0.717) is 41.4 Å². The molecule has 0 saturated carbocycles. The van der Waals surface area contributed by atoms with Crippen LogP contribution in [0.5, 0.6) is 11.5 Å². The molecule has 27 heavy (non-hydrogen) atoms. The number of nitriles is 1. The second-order valence-electron chi connectivity index (χ2n) is 6.03. The first-order chi connectivity index (χ1) is 13.0. The number of hydrogen-bond donors (Lipinski definition) is 3. The van der Waals surface area contributed by atoms with E-state index >= 15 is 0 Å². The first-order valence-corrected chi connectivity index (χ1v) is 8.52. The number of carbonyl (C=O) groups is 1. The predicted octanol–water partition coefficient (Wildman–Crippen LogP) is 2.26. The molecule has 0 fully saturated rings. The molecule has 0 unspecified atom stereocenters. The van der Waals surface area contributed by atoms with Gasteiger partial charge in [0.15, 0.2) is 11.5 Å². The van der Waals surface area contributed by atoms with Crippen LogP contribution in [-0.2, 0) is 6.54 Å². The van der Waals surface area contributed by atoms with Gasteiger partial charge in [-0.15, -0.1) is 0 Å². The largest absolute Gasteiger partial charge is 0.493 e. The highest BCUT2D eigenvalue weighted by molar-refractivity contribution is 6.00. The number of ether oxygens (including phenoxy) is 2. The van der Waals surface area contributed by atoms with Crippen molar-refractivity contribution in [1.29, 1.82) is 5.26 Å². The van der Waals surface area contributed by atoms with Crippen LogP contribution in [-0.4, -0.2) is 32.7 Å². The molecule has 0 aromatic heterocycles. The Morgan fingerprint density at radius 3 is 2.56 bits per heavy atom. The van der Waals surface area contributed by atoms with Gasteiger partial charge in [0.2, 0.25) is 0 Å². The van der Waals surface area contributed by atoms with Gasteiger partial charge in [-0.2, -0.15) is 5.26 Å². The lowest BCUT2D eigenvalue weighted by Gasteiger charge is -2.17. The number of nitrogens with one attached hydrogen (secondary N) is 2. The average Bonchev–Trinajstić information content (AvgIpc) is 2.71. The molecule has 0 aliphatic heterocycles. The van der Waals surface area contributed by atoms with Gasteiger partial charge in [-0.25, -0.2) is 0 Å². The molecule has 2 aromatic rings. The lowest BCUT2D eigenvalue weighted by Crippen LogP contribution is -2.28. The fraction of sp³-hybridized carbons (Fsp3) is 0.300. The van der Waals surface area contributed by atoms with Crippen molar-refractivity contribution in [1.82, 2.24) is 5.32 Å². The van der Waals surface area contributed by atoms with Crippen LogP contribution in [0.1, 0.15) is 28.4 Å². The van der Waals surface area contributed by atoms with Crippen molar-refractivity contribution in [2.75, 3.05) is 26.1 Å². The summed E-state index contributed by atoms with van der Waals surface area (Å²) in [7, 11) is 3.13. The molecule has 1 amide bonds. The summed E-state index contributed by atoms with van der Waals surface area (Å²) >= 11 is 0. The Hall–Kier alpha value is -3.24. The van der Waals surface area contributed by atoms with Crippen LogP contribution in [0.15, 0.2) is 36.4 Å². The van der Waals surface area contributed by atoms with E-state index in [1.54, 1.807) is 44.6 Å². The number of rotatable bonds is 8. The van der Waals surface area contributed by atoms with Crippen LogP contribution < -0.4 is 25.8 Å². The van der Waals surface area contributed by atoms with Crippen LogP contribution in [0.4, 0.5) is 5.69 Å². The molecular formula is C20H24N4O3. The summed E-state index contributed by atoms with van der Waals surface area (Å²) in [5.74, 6) is 0.931. The molecule has 7 nitrogen and oxygen atoms in total. The molecule has 0 heterocycles. The number of carbonyl (C=O) groups excluding carboxylic acids is 1. The SMILES string of the molecule is COc1ccc(CNC(=O)c2cc(C#N)ccc2N[C@@H](C)CN)cc1OC. The van der Waals surface area contributed by atoms with Gasteiger partial charge in [-0.05, 0) is 42.8 Å². The van der Waals surface area contributed by atoms with E-state index < -0.39 is 0 Å². The van der Waals surface area contributed by atoms with E-state index in [-0.39, 0.29) is 11.9 Å². The van der Waals surface area contributed by atoms with E-state index in [0.717, 1.165) is 5.56 Å². The van der Waals surface area contributed by atoms with Crippen LogP contribution >= 0.6 is 0 Å². The molecule has 0 bridgehead atoms. The first-order valence-electron chi connectivity index (χ1n) is 8.52. The molecule has 0 radical (unpaired) electrons. The maximum Gasteiger partial charge on any atom is 0.253 e. The zero-order chi connectivity index (χ0) is 19.8. The summed E-state index contributed by atoms with van der Waals surface area (Å²) in [4.78, 5) is 12.7. The molecule has 4 N–H and O–H groups in total. The molecule has 7 heteroatoms. The van der Waals surface area contributed by atoms with Crippen LogP contribution in [0.3, 0.4) is 0 Å². The topological polar surface area (TPSA) is 109 Å². The highest BCUT2D eigenvalue weighted by Crippen LogP contribution is 2.27. The van der Waals surface area contributed by atoms with Crippen molar-refractivity contribution in [3.63, 3.8) is 0 Å². The third kappa shape index (κ3) is 5.12.